The molecule has 1 aromatic carbocycles. The lowest BCUT2D eigenvalue weighted by Gasteiger charge is -2.13. The lowest BCUT2D eigenvalue weighted by molar-refractivity contribution is -0.129. The highest BCUT2D eigenvalue weighted by atomic mass is 35.5. The Hall–Kier alpha value is -2.01. The fourth-order valence-corrected chi connectivity index (χ4v) is 1.80. The van der Waals surface area contributed by atoms with Crippen molar-refractivity contribution in [1.82, 2.24) is 5.43 Å². The van der Waals surface area contributed by atoms with E-state index in [1.807, 2.05) is 0 Å². The predicted octanol–water partition coefficient (Wildman–Crippen LogP) is 3.48. The van der Waals surface area contributed by atoms with Crippen LogP contribution in [0.5, 0.6) is 5.75 Å². The molecule has 0 unspecified atom stereocenters. The van der Waals surface area contributed by atoms with Crippen LogP contribution in [0.2, 0.25) is 5.02 Å². The number of nitrogens with one attached hydrogen (secondary N) is 1. The van der Waals surface area contributed by atoms with Gasteiger partial charge in [0.15, 0.2) is 5.71 Å². The minimum atomic E-state index is -1.09. The molecule has 0 fully saturated rings. The number of hydrazone groups is 1. The summed E-state index contributed by atoms with van der Waals surface area (Å²) in [6, 6.07) is 5.33. The second-order valence-corrected chi connectivity index (χ2v) is 5.53. The largest absolute Gasteiger partial charge is 0.493 e. The molecular weight excluding hydrogens is 304 g/mol. The van der Waals surface area contributed by atoms with Gasteiger partial charge in [0.05, 0.1) is 13.2 Å². The number of hydrogen-bond acceptors (Lipinski definition) is 4. The summed E-state index contributed by atoms with van der Waals surface area (Å²) in [7, 11) is 0. The van der Waals surface area contributed by atoms with Gasteiger partial charge in [0.1, 0.15) is 5.75 Å². The summed E-state index contributed by atoms with van der Waals surface area (Å²) in [5.41, 5.74) is 3.50. The third-order valence-electron chi connectivity index (χ3n) is 2.61. The number of nitrogens with zero attached hydrogens (tertiary/aromatic N) is 1. The Bertz CT molecular complexity index is 569. The highest BCUT2D eigenvalue weighted by molar-refractivity contribution is 6.40. The number of hydrogen-bond donors (Lipinski definition) is 2. The molecule has 0 aliphatic carbocycles. The maximum Gasteiger partial charge on any atom is 0.356 e. The van der Waals surface area contributed by atoms with Crippen LogP contribution in [0, 0.1) is 5.92 Å². The number of carboxylic acid groups (broad SMARTS) is 1. The minimum absolute atomic E-state index is 0.0609. The van der Waals surface area contributed by atoms with Gasteiger partial charge in [-0.05, 0) is 37.1 Å². The van der Waals surface area contributed by atoms with E-state index in [2.05, 4.69) is 24.4 Å². The molecule has 0 aromatic heterocycles. The number of carboxylic acids is 1. The quantitative estimate of drug-likeness (QED) is 0.567. The first-order valence-electron chi connectivity index (χ1n) is 7.01. The smallest absolute Gasteiger partial charge is 0.356 e. The Kier molecular flexibility index (Phi) is 7.46. The van der Waals surface area contributed by atoms with E-state index in [9.17, 15) is 4.79 Å². The van der Waals surface area contributed by atoms with Crippen molar-refractivity contribution in [2.75, 3.05) is 6.61 Å². The number of aliphatic carboxylic acids is 1. The molecule has 22 heavy (non-hydrogen) atoms. The van der Waals surface area contributed by atoms with Gasteiger partial charge in [-0.25, -0.2) is 4.79 Å². The Balaban J connectivity index is 2.81. The standard InChI is InChI=1S/C16H21ClN2O3/c1-4-5-14(16(20)21)19-18-9-12-8-13(17)6-7-15(12)22-10-11(2)3/h4-8,11,18H,9-10H2,1-3H3,(H,20,21)/b5-4+,19-14+. The first-order valence-corrected chi connectivity index (χ1v) is 7.39. The number of halogens is 1. The van der Waals surface area contributed by atoms with Crippen LogP contribution < -0.4 is 10.2 Å². The third-order valence-corrected chi connectivity index (χ3v) is 2.84. The van der Waals surface area contributed by atoms with E-state index in [-0.39, 0.29) is 5.71 Å². The molecule has 0 atom stereocenters. The molecule has 2 N–H and O–H groups in total. The van der Waals surface area contributed by atoms with Crippen LogP contribution in [0.1, 0.15) is 26.3 Å². The van der Waals surface area contributed by atoms with Gasteiger partial charge in [-0.15, -0.1) is 0 Å². The van der Waals surface area contributed by atoms with Gasteiger partial charge < -0.3 is 15.3 Å². The van der Waals surface area contributed by atoms with Crippen LogP contribution in [-0.2, 0) is 11.3 Å². The van der Waals surface area contributed by atoms with E-state index in [1.54, 1.807) is 31.2 Å². The van der Waals surface area contributed by atoms with Gasteiger partial charge in [0, 0.05) is 10.6 Å². The molecular formula is C16H21ClN2O3. The fraction of sp³-hybridized carbons (Fsp3) is 0.375. The maximum absolute atomic E-state index is 11.0. The fourth-order valence-electron chi connectivity index (χ4n) is 1.61. The van der Waals surface area contributed by atoms with Gasteiger partial charge in [-0.3, -0.25) is 0 Å². The number of carbonyl (C=O) groups is 1. The first kappa shape index (κ1) is 18.0. The van der Waals surface area contributed by atoms with Gasteiger partial charge in [-0.2, -0.15) is 5.10 Å². The van der Waals surface area contributed by atoms with Crippen molar-refractivity contribution in [3.63, 3.8) is 0 Å². The lowest BCUT2D eigenvalue weighted by atomic mass is 10.2. The minimum Gasteiger partial charge on any atom is -0.493 e. The van der Waals surface area contributed by atoms with E-state index >= 15 is 0 Å². The van der Waals surface area contributed by atoms with Crippen molar-refractivity contribution in [1.29, 1.82) is 0 Å². The van der Waals surface area contributed by atoms with E-state index in [0.29, 0.717) is 29.8 Å². The van der Waals surface area contributed by atoms with Crippen molar-refractivity contribution in [3.05, 3.63) is 40.9 Å². The Morgan fingerprint density at radius 1 is 1.50 bits per heavy atom. The second kappa shape index (κ2) is 9.10. The Morgan fingerprint density at radius 2 is 2.23 bits per heavy atom. The topological polar surface area (TPSA) is 70.9 Å². The highest BCUT2D eigenvalue weighted by Gasteiger charge is 2.07. The van der Waals surface area contributed by atoms with Crippen molar-refractivity contribution in [2.24, 2.45) is 11.0 Å². The van der Waals surface area contributed by atoms with Crippen LogP contribution >= 0.6 is 11.6 Å². The predicted molar refractivity (Wildman–Crippen MR) is 88.5 cm³/mol. The van der Waals surface area contributed by atoms with Crippen LogP contribution in [0.15, 0.2) is 35.5 Å². The Labute approximate surface area is 135 Å². The summed E-state index contributed by atoms with van der Waals surface area (Å²) in [5, 5.41) is 13.4. The monoisotopic (exact) mass is 324 g/mol. The van der Waals surface area contributed by atoms with E-state index in [1.165, 1.54) is 6.08 Å². The average Bonchev–Trinajstić information content (AvgIpc) is 2.45. The summed E-state index contributed by atoms with van der Waals surface area (Å²) in [6.07, 6.45) is 3.04. The van der Waals surface area contributed by atoms with Crippen LogP contribution in [-0.4, -0.2) is 23.4 Å². The third kappa shape index (κ3) is 6.18. The number of ether oxygens (including phenoxy) is 1. The Morgan fingerprint density at radius 3 is 2.82 bits per heavy atom. The van der Waals surface area contributed by atoms with Crippen molar-refractivity contribution in [3.8, 4) is 5.75 Å². The molecule has 0 spiro atoms. The molecule has 1 aromatic rings. The van der Waals surface area contributed by atoms with E-state index < -0.39 is 5.97 Å². The van der Waals surface area contributed by atoms with Crippen molar-refractivity contribution < 1.29 is 14.6 Å². The molecule has 0 saturated heterocycles. The SMILES string of the molecule is C/C=C/C(=N\NCc1cc(Cl)ccc1OCC(C)C)C(=O)O. The summed E-state index contributed by atoms with van der Waals surface area (Å²) in [4.78, 5) is 11.0. The molecule has 0 aliphatic heterocycles. The normalized spacial score (nSPS) is 12.0. The molecule has 0 heterocycles. The van der Waals surface area contributed by atoms with E-state index in [4.69, 9.17) is 21.4 Å². The van der Waals surface area contributed by atoms with Crippen LogP contribution in [0.4, 0.5) is 0 Å². The summed E-state index contributed by atoms with van der Waals surface area (Å²) >= 11 is 6.00. The lowest BCUT2D eigenvalue weighted by Crippen LogP contribution is -2.16. The molecule has 5 nitrogen and oxygen atoms in total. The highest BCUT2D eigenvalue weighted by Crippen LogP contribution is 2.23. The zero-order valence-electron chi connectivity index (χ0n) is 13.0. The molecule has 120 valence electrons. The van der Waals surface area contributed by atoms with Gasteiger partial charge in [-0.1, -0.05) is 31.5 Å². The maximum atomic E-state index is 11.0. The summed E-state index contributed by atoms with van der Waals surface area (Å²) in [5.74, 6) is 0.0273. The van der Waals surface area contributed by atoms with Gasteiger partial charge in [0.2, 0.25) is 0 Å². The summed E-state index contributed by atoms with van der Waals surface area (Å²) < 4.78 is 5.73. The average molecular weight is 325 g/mol. The van der Waals surface area contributed by atoms with Gasteiger partial charge in [0.25, 0.3) is 0 Å². The van der Waals surface area contributed by atoms with Crippen LogP contribution in [0.3, 0.4) is 0 Å². The zero-order valence-corrected chi connectivity index (χ0v) is 13.7. The zero-order chi connectivity index (χ0) is 16.5. The molecule has 6 heteroatoms. The summed E-state index contributed by atoms with van der Waals surface area (Å²) in [6.45, 7) is 6.77. The van der Waals surface area contributed by atoms with E-state index in [0.717, 1.165) is 5.56 Å². The second-order valence-electron chi connectivity index (χ2n) is 5.09. The van der Waals surface area contributed by atoms with Gasteiger partial charge >= 0.3 is 5.97 Å². The number of rotatable bonds is 8. The molecule has 0 saturated carbocycles. The molecule has 0 radical (unpaired) electrons. The number of benzene rings is 1. The molecule has 0 aliphatic rings. The van der Waals surface area contributed by atoms with Crippen molar-refractivity contribution in [2.45, 2.75) is 27.3 Å². The molecule has 1 rings (SSSR count). The number of allylic oxidation sites excluding steroid dienone is 1. The molecule has 0 amide bonds. The van der Waals surface area contributed by atoms with Crippen LogP contribution in [0.25, 0.3) is 0 Å². The van der Waals surface area contributed by atoms with Crippen molar-refractivity contribution >= 4 is 23.3 Å². The molecule has 0 bridgehead atoms. The first-order chi connectivity index (χ1) is 10.4.